The lowest BCUT2D eigenvalue weighted by Crippen LogP contribution is -2.35. The summed E-state index contributed by atoms with van der Waals surface area (Å²) in [4.78, 5) is 12.1. The molecule has 1 aliphatic carbocycles. The van der Waals surface area contributed by atoms with Crippen molar-refractivity contribution in [3.05, 3.63) is 33.8 Å². The van der Waals surface area contributed by atoms with Crippen LogP contribution in [-0.4, -0.2) is 36.8 Å². The van der Waals surface area contributed by atoms with Gasteiger partial charge in [-0.15, -0.1) is 12.4 Å². The normalized spacial score (nSPS) is 29.8. The van der Waals surface area contributed by atoms with Crippen LogP contribution in [0.5, 0.6) is 0 Å². The Kier molecular flexibility index (Phi) is 5.97. The van der Waals surface area contributed by atoms with Crippen molar-refractivity contribution in [1.82, 2.24) is 10.6 Å². The monoisotopic (exact) mass is 364 g/mol. The molecule has 0 radical (unpaired) electrons. The van der Waals surface area contributed by atoms with E-state index in [1.807, 2.05) is 12.1 Å². The summed E-state index contributed by atoms with van der Waals surface area (Å²) >= 11 is 12.0. The van der Waals surface area contributed by atoms with Crippen LogP contribution in [0.2, 0.25) is 10.0 Å². The van der Waals surface area contributed by atoms with Gasteiger partial charge < -0.3 is 15.7 Å². The van der Waals surface area contributed by atoms with Gasteiger partial charge in [0.2, 0.25) is 5.91 Å². The summed E-state index contributed by atoms with van der Waals surface area (Å²) in [6, 6.07) is 5.44. The van der Waals surface area contributed by atoms with E-state index in [0.29, 0.717) is 23.1 Å². The number of β-amino-alcohol motifs (C(OH)–C–C–N with tert-alkyl or cyclic N) is 1. The SMILES string of the molecule is Cl.O=C(NCC1CNCC1O)C1CC1c1cc(Cl)cc(Cl)c1. The van der Waals surface area contributed by atoms with Crippen molar-refractivity contribution < 1.29 is 9.90 Å². The molecule has 22 heavy (non-hydrogen) atoms. The highest BCUT2D eigenvalue weighted by molar-refractivity contribution is 6.34. The van der Waals surface area contributed by atoms with Gasteiger partial charge in [0, 0.05) is 41.5 Å². The topological polar surface area (TPSA) is 61.4 Å². The van der Waals surface area contributed by atoms with E-state index in [1.54, 1.807) is 6.07 Å². The molecule has 1 aliphatic heterocycles. The first kappa shape index (κ1) is 17.8. The molecule has 2 aliphatic rings. The summed E-state index contributed by atoms with van der Waals surface area (Å²) in [5, 5.41) is 17.0. The zero-order chi connectivity index (χ0) is 15.0. The summed E-state index contributed by atoms with van der Waals surface area (Å²) in [7, 11) is 0. The minimum atomic E-state index is -0.368. The van der Waals surface area contributed by atoms with Gasteiger partial charge in [-0.05, 0) is 36.1 Å². The third-order valence-corrected chi connectivity index (χ3v) is 4.72. The molecular formula is C15H19Cl3N2O2. The fourth-order valence-electron chi connectivity index (χ4n) is 2.93. The number of carbonyl (C=O) groups excluding carboxylic acids is 1. The van der Waals surface area contributed by atoms with Crippen molar-refractivity contribution in [3.8, 4) is 0 Å². The standard InChI is InChI=1S/C15H18Cl2N2O2.ClH/c16-10-1-8(2-11(17)3-10)12-4-13(12)15(21)19-6-9-5-18-7-14(9)20;/h1-3,9,12-14,18,20H,4-7H2,(H,19,21);1H. The Morgan fingerprint density at radius 1 is 1.27 bits per heavy atom. The number of carbonyl (C=O) groups is 1. The van der Waals surface area contributed by atoms with E-state index >= 15 is 0 Å². The molecule has 1 aromatic rings. The van der Waals surface area contributed by atoms with Crippen LogP contribution in [0.4, 0.5) is 0 Å². The van der Waals surface area contributed by atoms with E-state index in [9.17, 15) is 9.90 Å². The molecule has 4 nitrogen and oxygen atoms in total. The third-order valence-electron chi connectivity index (χ3n) is 4.28. The molecule has 0 spiro atoms. The quantitative estimate of drug-likeness (QED) is 0.767. The number of benzene rings is 1. The highest BCUT2D eigenvalue weighted by Gasteiger charge is 2.44. The van der Waals surface area contributed by atoms with Gasteiger partial charge in [0.05, 0.1) is 6.10 Å². The first-order chi connectivity index (χ1) is 10.0. The van der Waals surface area contributed by atoms with Gasteiger partial charge in [-0.1, -0.05) is 23.2 Å². The number of rotatable bonds is 4. The molecule has 1 amide bonds. The van der Waals surface area contributed by atoms with Crippen LogP contribution in [0.15, 0.2) is 18.2 Å². The Labute approximate surface area is 146 Å². The highest BCUT2D eigenvalue weighted by atomic mass is 35.5. The van der Waals surface area contributed by atoms with Crippen LogP contribution in [-0.2, 0) is 4.79 Å². The summed E-state index contributed by atoms with van der Waals surface area (Å²) in [5.41, 5.74) is 1.02. The van der Waals surface area contributed by atoms with Crippen LogP contribution in [0.3, 0.4) is 0 Å². The van der Waals surface area contributed by atoms with Gasteiger partial charge >= 0.3 is 0 Å². The van der Waals surface area contributed by atoms with Crippen LogP contribution in [0.1, 0.15) is 17.9 Å². The van der Waals surface area contributed by atoms with E-state index in [0.717, 1.165) is 18.5 Å². The summed E-state index contributed by atoms with van der Waals surface area (Å²) < 4.78 is 0. The van der Waals surface area contributed by atoms with E-state index < -0.39 is 0 Å². The molecule has 122 valence electrons. The second kappa shape index (κ2) is 7.37. The van der Waals surface area contributed by atoms with E-state index in [1.165, 1.54) is 0 Å². The minimum absolute atomic E-state index is 0. The minimum Gasteiger partial charge on any atom is -0.391 e. The molecule has 1 heterocycles. The number of amides is 1. The zero-order valence-electron chi connectivity index (χ0n) is 11.9. The number of hydrogen-bond acceptors (Lipinski definition) is 3. The molecule has 4 atom stereocenters. The molecule has 0 bridgehead atoms. The zero-order valence-corrected chi connectivity index (χ0v) is 14.2. The third kappa shape index (κ3) is 4.06. The van der Waals surface area contributed by atoms with Crippen molar-refractivity contribution in [3.63, 3.8) is 0 Å². The fourth-order valence-corrected chi connectivity index (χ4v) is 3.48. The predicted molar refractivity (Wildman–Crippen MR) is 89.9 cm³/mol. The molecule has 4 unspecified atom stereocenters. The first-order valence-corrected chi connectivity index (χ1v) is 7.92. The largest absolute Gasteiger partial charge is 0.391 e. The Bertz CT molecular complexity index is 535. The summed E-state index contributed by atoms with van der Waals surface area (Å²) in [5.74, 6) is 0.348. The second-order valence-electron chi connectivity index (χ2n) is 5.88. The maximum atomic E-state index is 12.1. The Morgan fingerprint density at radius 2 is 1.95 bits per heavy atom. The Hall–Kier alpha value is -0.520. The fraction of sp³-hybridized carbons (Fsp3) is 0.533. The lowest BCUT2D eigenvalue weighted by molar-refractivity contribution is -0.122. The molecule has 1 aromatic carbocycles. The Balaban J connectivity index is 0.00000176. The van der Waals surface area contributed by atoms with Gasteiger partial charge in [0.25, 0.3) is 0 Å². The van der Waals surface area contributed by atoms with Crippen molar-refractivity contribution in [2.75, 3.05) is 19.6 Å². The number of nitrogens with one attached hydrogen (secondary N) is 2. The average Bonchev–Trinajstić information content (AvgIpc) is 3.12. The highest BCUT2D eigenvalue weighted by Crippen LogP contribution is 2.48. The van der Waals surface area contributed by atoms with E-state index in [4.69, 9.17) is 23.2 Å². The maximum Gasteiger partial charge on any atom is 0.223 e. The molecule has 1 saturated heterocycles. The van der Waals surface area contributed by atoms with Crippen molar-refractivity contribution in [2.45, 2.75) is 18.4 Å². The summed E-state index contributed by atoms with van der Waals surface area (Å²) in [6.07, 6.45) is 0.459. The number of hydrogen-bond donors (Lipinski definition) is 3. The number of aliphatic hydroxyl groups excluding tert-OH is 1. The van der Waals surface area contributed by atoms with Gasteiger partial charge in [-0.25, -0.2) is 0 Å². The molecule has 2 fully saturated rings. The molecule has 7 heteroatoms. The van der Waals surface area contributed by atoms with Crippen molar-refractivity contribution >= 4 is 41.5 Å². The van der Waals surface area contributed by atoms with Crippen molar-refractivity contribution in [2.24, 2.45) is 11.8 Å². The molecule has 3 rings (SSSR count). The molecule has 3 N–H and O–H groups in total. The maximum absolute atomic E-state index is 12.1. The molecule has 0 aromatic heterocycles. The van der Waals surface area contributed by atoms with E-state index in [-0.39, 0.29) is 42.2 Å². The van der Waals surface area contributed by atoms with Crippen LogP contribution in [0, 0.1) is 11.8 Å². The summed E-state index contributed by atoms with van der Waals surface area (Å²) in [6.45, 7) is 1.87. The van der Waals surface area contributed by atoms with Gasteiger partial charge in [-0.2, -0.15) is 0 Å². The van der Waals surface area contributed by atoms with Crippen molar-refractivity contribution in [1.29, 1.82) is 0 Å². The first-order valence-electron chi connectivity index (χ1n) is 7.17. The lowest BCUT2D eigenvalue weighted by Gasteiger charge is -2.14. The lowest BCUT2D eigenvalue weighted by atomic mass is 10.1. The second-order valence-corrected chi connectivity index (χ2v) is 6.76. The van der Waals surface area contributed by atoms with Crippen LogP contribution >= 0.6 is 35.6 Å². The van der Waals surface area contributed by atoms with Gasteiger partial charge in [0.15, 0.2) is 0 Å². The smallest absolute Gasteiger partial charge is 0.223 e. The van der Waals surface area contributed by atoms with Crippen LogP contribution < -0.4 is 10.6 Å². The average molecular weight is 366 g/mol. The molecular weight excluding hydrogens is 347 g/mol. The van der Waals surface area contributed by atoms with Gasteiger partial charge in [-0.3, -0.25) is 4.79 Å². The van der Waals surface area contributed by atoms with Crippen LogP contribution in [0.25, 0.3) is 0 Å². The molecule has 1 saturated carbocycles. The predicted octanol–water partition coefficient (Wildman–Crippen LogP) is 2.22. The number of aliphatic hydroxyl groups is 1. The number of halogens is 3. The Morgan fingerprint density at radius 3 is 2.55 bits per heavy atom. The van der Waals surface area contributed by atoms with E-state index in [2.05, 4.69) is 10.6 Å². The van der Waals surface area contributed by atoms with Gasteiger partial charge in [0.1, 0.15) is 0 Å².